The van der Waals surface area contributed by atoms with E-state index in [1.807, 2.05) is 32.0 Å². The van der Waals surface area contributed by atoms with Crippen LogP contribution in [-0.2, 0) is 9.59 Å². The number of carbonyl (C=O) groups is 2. The van der Waals surface area contributed by atoms with Gasteiger partial charge >= 0.3 is 5.97 Å². The van der Waals surface area contributed by atoms with E-state index in [0.717, 1.165) is 5.56 Å². The van der Waals surface area contributed by atoms with E-state index in [1.54, 1.807) is 0 Å². The molecule has 1 aromatic carbocycles. The van der Waals surface area contributed by atoms with Gasteiger partial charge in [0.2, 0.25) is 5.91 Å². The van der Waals surface area contributed by atoms with Crippen molar-refractivity contribution in [2.75, 3.05) is 6.61 Å². The molecule has 1 rings (SSSR count). The molecular formula is C15H21NO4. The van der Waals surface area contributed by atoms with Gasteiger partial charge in [-0.2, -0.15) is 0 Å². The Morgan fingerprint density at radius 2 is 1.90 bits per heavy atom. The molecule has 0 aromatic heterocycles. The minimum absolute atomic E-state index is 0.115. The first-order valence-electron chi connectivity index (χ1n) is 6.47. The normalized spacial score (nSPS) is 11.0. The molecule has 5 nitrogen and oxygen atoms in total. The van der Waals surface area contributed by atoms with Crippen molar-refractivity contribution in [3.8, 4) is 5.75 Å². The topological polar surface area (TPSA) is 75.6 Å². The van der Waals surface area contributed by atoms with E-state index in [1.165, 1.54) is 19.4 Å². The third-order valence-corrected chi connectivity index (χ3v) is 3.06. The second-order valence-corrected chi connectivity index (χ2v) is 5.32. The Bertz CT molecular complexity index is 509. The number of benzene rings is 1. The second kappa shape index (κ2) is 6.41. The second-order valence-electron chi connectivity index (χ2n) is 5.32. The number of carboxylic acids is 1. The maximum atomic E-state index is 11.6. The fourth-order valence-electron chi connectivity index (χ4n) is 1.53. The molecular weight excluding hydrogens is 258 g/mol. The first kappa shape index (κ1) is 16.0. The van der Waals surface area contributed by atoms with Crippen LogP contribution in [0.1, 0.15) is 31.4 Å². The molecule has 0 spiro atoms. The van der Waals surface area contributed by atoms with Crippen LogP contribution in [0.25, 0.3) is 0 Å². The number of nitrogens with one attached hydrogen (secondary N) is 1. The molecule has 0 heterocycles. The zero-order chi connectivity index (χ0) is 15.3. The van der Waals surface area contributed by atoms with Gasteiger partial charge in [0.15, 0.2) is 0 Å². The van der Waals surface area contributed by atoms with Gasteiger partial charge in [0.05, 0.1) is 13.0 Å². The predicted octanol–water partition coefficient (Wildman–Crippen LogP) is 2.05. The van der Waals surface area contributed by atoms with Crippen molar-refractivity contribution in [2.45, 2.75) is 39.7 Å². The molecule has 0 bridgehead atoms. The largest absolute Gasteiger partial charge is 0.493 e. The maximum Gasteiger partial charge on any atom is 0.328 e. The van der Waals surface area contributed by atoms with E-state index >= 15 is 0 Å². The minimum Gasteiger partial charge on any atom is -0.493 e. The lowest BCUT2D eigenvalue weighted by molar-refractivity contribution is -0.146. The lowest BCUT2D eigenvalue weighted by Gasteiger charge is -2.20. The summed E-state index contributed by atoms with van der Waals surface area (Å²) >= 11 is 0. The number of amides is 1. The molecule has 1 aromatic rings. The zero-order valence-electron chi connectivity index (χ0n) is 12.3. The number of aliphatic carboxylic acids is 1. The van der Waals surface area contributed by atoms with Crippen LogP contribution in [-0.4, -0.2) is 29.1 Å². The van der Waals surface area contributed by atoms with Gasteiger partial charge in [-0.3, -0.25) is 4.79 Å². The summed E-state index contributed by atoms with van der Waals surface area (Å²) < 4.78 is 5.48. The third-order valence-electron chi connectivity index (χ3n) is 3.06. The first-order valence-corrected chi connectivity index (χ1v) is 6.47. The minimum atomic E-state index is -1.27. The van der Waals surface area contributed by atoms with Crippen molar-refractivity contribution in [2.24, 2.45) is 0 Å². The monoisotopic (exact) mass is 279 g/mol. The van der Waals surface area contributed by atoms with E-state index in [2.05, 4.69) is 5.32 Å². The number of ether oxygens (including phenoxy) is 1. The van der Waals surface area contributed by atoms with Crippen molar-refractivity contribution in [1.29, 1.82) is 0 Å². The van der Waals surface area contributed by atoms with Crippen LogP contribution in [0.2, 0.25) is 0 Å². The van der Waals surface area contributed by atoms with Crippen LogP contribution in [0.5, 0.6) is 5.75 Å². The number of carboxylic acid groups (broad SMARTS) is 1. The van der Waals surface area contributed by atoms with Crippen LogP contribution in [0.3, 0.4) is 0 Å². The Kier molecular flexibility index (Phi) is 5.13. The lowest BCUT2D eigenvalue weighted by atomic mass is 10.1. The van der Waals surface area contributed by atoms with Crippen LogP contribution in [0.15, 0.2) is 18.2 Å². The molecule has 0 fully saturated rings. The summed E-state index contributed by atoms with van der Waals surface area (Å²) in [6.45, 7) is 7.10. The van der Waals surface area contributed by atoms with E-state index in [9.17, 15) is 9.59 Å². The van der Waals surface area contributed by atoms with E-state index in [-0.39, 0.29) is 18.9 Å². The van der Waals surface area contributed by atoms with Crippen LogP contribution in [0, 0.1) is 13.8 Å². The molecule has 0 radical (unpaired) electrons. The van der Waals surface area contributed by atoms with Gasteiger partial charge in [0.1, 0.15) is 11.3 Å². The Hall–Kier alpha value is -2.04. The van der Waals surface area contributed by atoms with Crippen molar-refractivity contribution in [1.82, 2.24) is 5.32 Å². The van der Waals surface area contributed by atoms with Gasteiger partial charge in [0.25, 0.3) is 0 Å². The molecule has 0 aliphatic carbocycles. The molecule has 5 heteroatoms. The standard InChI is InChI=1S/C15H21NO4/c1-10-5-6-12(9-11(10)2)20-8-7-13(17)16-15(3,4)14(18)19/h5-6,9H,7-8H2,1-4H3,(H,16,17)(H,18,19). The maximum absolute atomic E-state index is 11.6. The van der Waals surface area contributed by atoms with Crippen LogP contribution < -0.4 is 10.1 Å². The molecule has 0 saturated carbocycles. The summed E-state index contributed by atoms with van der Waals surface area (Å²) in [5.74, 6) is -0.708. The molecule has 0 aliphatic rings. The molecule has 2 N–H and O–H groups in total. The molecule has 0 unspecified atom stereocenters. The van der Waals surface area contributed by atoms with Gasteiger partial charge in [-0.1, -0.05) is 6.07 Å². The number of carbonyl (C=O) groups excluding carboxylic acids is 1. The SMILES string of the molecule is Cc1ccc(OCCC(=O)NC(C)(C)C(=O)O)cc1C. The molecule has 0 atom stereocenters. The fraction of sp³-hybridized carbons (Fsp3) is 0.467. The number of hydrogen-bond acceptors (Lipinski definition) is 3. The lowest BCUT2D eigenvalue weighted by Crippen LogP contribution is -2.49. The van der Waals surface area contributed by atoms with Crippen molar-refractivity contribution >= 4 is 11.9 Å². The number of aryl methyl sites for hydroxylation is 2. The van der Waals surface area contributed by atoms with Gasteiger partial charge < -0.3 is 15.2 Å². The van der Waals surface area contributed by atoms with Gasteiger partial charge in [-0.15, -0.1) is 0 Å². The summed E-state index contributed by atoms with van der Waals surface area (Å²) in [5.41, 5.74) is 1.04. The number of rotatable bonds is 6. The van der Waals surface area contributed by atoms with E-state index in [4.69, 9.17) is 9.84 Å². The Labute approximate surface area is 118 Å². The van der Waals surface area contributed by atoms with Gasteiger partial charge in [-0.25, -0.2) is 4.79 Å². The molecule has 0 saturated heterocycles. The summed E-state index contributed by atoms with van der Waals surface area (Å²) in [6, 6.07) is 5.72. The molecule has 0 aliphatic heterocycles. The van der Waals surface area contributed by atoms with Crippen LogP contribution >= 0.6 is 0 Å². The van der Waals surface area contributed by atoms with Gasteiger partial charge in [-0.05, 0) is 51.0 Å². The highest BCUT2D eigenvalue weighted by Gasteiger charge is 2.28. The van der Waals surface area contributed by atoms with Crippen molar-refractivity contribution < 1.29 is 19.4 Å². The summed E-state index contributed by atoms with van der Waals surface area (Å²) in [6.07, 6.45) is 0.115. The summed E-state index contributed by atoms with van der Waals surface area (Å²) in [5, 5.41) is 11.3. The summed E-state index contributed by atoms with van der Waals surface area (Å²) in [4.78, 5) is 22.5. The Morgan fingerprint density at radius 3 is 2.45 bits per heavy atom. The van der Waals surface area contributed by atoms with E-state index < -0.39 is 11.5 Å². The van der Waals surface area contributed by atoms with Gasteiger partial charge in [0, 0.05) is 0 Å². The fourth-order valence-corrected chi connectivity index (χ4v) is 1.53. The Balaban J connectivity index is 2.42. The average molecular weight is 279 g/mol. The highest BCUT2D eigenvalue weighted by Crippen LogP contribution is 2.16. The molecule has 1 amide bonds. The highest BCUT2D eigenvalue weighted by atomic mass is 16.5. The summed E-state index contributed by atoms with van der Waals surface area (Å²) in [7, 11) is 0. The third kappa shape index (κ3) is 4.57. The van der Waals surface area contributed by atoms with Crippen LogP contribution in [0.4, 0.5) is 0 Å². The number of hydrogen-bond donors (Lipinski definition) is 2. The first-order chi connectivity index (χ1) is 9.22. The average Bonchev–Trinajstić information content (AvgIpc) is 2.33. The molecule has 110 valence electrons. The van der Waals surface area contributed by atoms with Crippen molar-refractivity contribution in [3.63, 3.8) is 0 Å². The quantitative estimate of drug-likeness (QED) is 0.835. The molecule has 20 heavy (non-hydrogen) atoms. The zero-order valence-corrected chi connectivity index (χ0v) is 12.3. The van der Waals surface area contributed by atoms with Crippen molar-refractivity contribution in [3.05, 3.63) is 29.3 Å². The smallest absolute Gasteiger partial charge is 0.328 e. The predicted molar refractivity (Wildman–Crippen MR) is 75.9 cm³/mol. The Morgan fingerprint density at radius 1 is 1.25 bits per heavy atom. The van der Waals surface area contributed by atoms with E-state index in [0.29, 0.717) is 5.75 Å². The highest BCUT2D eigenvalue weighted by molar-refractivity contribution is 5.86.